The molecule has 0 radical (unpaired) electrons. The number of ketones is 1. The highest BCUT2D eigenvalue weighted by Gasteiger charge is 2.19. The molecule has 2 aromatic rings. The lowest BCUT2D eigenvalue weighted by Gasteiger charge is -1.94. The molecule has 2 aromatic heterocycles. The molecule has 4 heteroatoms. The van der Waals surface area contributed by atoms with Crippen LogP contribution in [0.3, 0.4) is 0 Å². The van der Waals surface area contributed by atoms with E-state index in [4.69, 9.17) is 0 Å². The summed E-state index contributed by atoms with van der Waals surface area (Å²) in [5, 5.41) is 2.93. The van der Waals surface area contributed by atoms with Crippen molar-refractivity contribution in [3.8, 4) is 0 Å². The summed E-state index contributed by atoms with van der Waals surface area (Å²) in [5.74, 6) is 0.221. The number of aromatic nitrogens is 1. The average molecular weight is 263 g/mol. The van der Waals surface area contributed by atoms with E-state index in [-0.39, 0.29) is 5.78 Å². The number of Topliss-reactive ketones (excluding diaryl/α,β-unsaturated/α-hetero) is 1. The van der Waals surface area contributed by atoms with Gasteiger partial charge in [-0.2, -0.15) is 0 Å². The molecule has 0 atom stereocenters. The Bertz CT molecular complexity index is 546. The van der Waals surface area contributed by atoms with Crippen molar-refractivity contribution in [2.24, 2.45) is 0 Å². The van der Waals surface area contributed by atoms with Gasteiger partial charge >= 0.3 is 0 Å². The Morgan fingerprint density at radius 1 is 1.47 bits per heavy atom. The summed E-state index contributed by atoms with van der Waals surface area (Å²) in [6.45, 7) is 1.96. The van der Waals surface area contributed by atoms with E-state index in [0.29, 0.717) is 6.42 Å². The highest BCUT2D eigenvalue weighted by Crippen LogP contribution is 2.31. The SMILES string of the molecule is Cc1csc(CC(=O)c2cc3c(s2)CCC3)n1. The lowest BCUT2D eigenvalue weighted by molar-refractivity contribution is 0.0996. The number of thiophene rings is 1. The van der Waals surface area contributed by atoms with Gasteiger partial charge in [-0.05, 0) is 37.8 Å². The maximum absolute atomic E-state index is 12.1. The van der Waals surface area contributed by atoms with Crippen molar-refractivity contribution < 1.29 is 4.79 Å². The Kier molecular flexibility index (Phi) is 2.84. The molecular formula is C13H13NOS2. The highest BCUT2D eigenvalue weighted by atomic mass is 32.1. The van der Waals surface area contributed by atoms with Gasteiger partial charge in [0.05, 0.1) is 11.3 Å². The Morgan fingerprint density at radius 3 is 3.06 bits per heavy atom. The third-order valence-corrected chi connectivity index (χ3v) is 5.24. The van der Waals surface area contributed by atoms with E-state index in [1.165, 1.54) is 16.9 Å². The van der Waals surface area contributed by atoms with Crippen LogP contribution in [0, 0.1) is 6.92 Å². The number of carbonyl (C=O) groups excluding carboxylic acids is 1. The molecule has 0 saturated heterocycles. The second-order valence-electron chi connectivity index (χ2n) is 4.40. The van der Waals surface area contributed by atoms with Gasteiger partial charge < -0.3 is 0 Å². The van der Waals surface area contributed by atoms with Crippen LogP contribution in [0.25, 0.3) is 0 Å². The summed E-state index contributed by atoms with van der Waals surface area (Å²) >= 11 is 3.26. The monoisotopic (exact) mass is 263 g/mol. The molecule has 0 saturated carbocycles. The van der Waals surface area contributed by atoms with Crippen molar-refractivity contribution in [2.45, 2.75) is 32.6 Å². The molecule has 2 heterocycles. The first kappa shape index (κ1) is 11.1. The summed E-state index contributed by atoms with van der Waals surface area (Å²) in [5.41, 5.74) is 2.40. The van der Waals surface area contributed by atoms with E-state index in [1.54, 1.807) is 22.7 Å². The topological polar surface area (TPSA) is 30.0 Å². The van der Waals surface area contributed by atoms with Crippen LogP contribution in [0.2, 0.25) is 0 Å². The standard InChI is InChI=1S/C13H13NOS2/c1-8-7-16-13(14-8)6-10(15)12-5-9-3-2-4-11(9)17-12/h5,7H,2-4,6H2,1H3. The molecule has 0 aromatic carbocycles. The van der Waals surface area contributed by atoms with Gasteiger partial charge in [0.15, 0.2) is 5.78 Å². The van der Waals surface area contributed by atoms with Crippen LogP contribution < -0.4 is 0 Å². The number of aryl methyl sites for hydroxylation is 3. The van der Waals surface area contributed by atoms with E-state index in [2.05, 4.69) is 11.1 Å². The summed E-state index contributed by atoms with van der Waals surface area (Å²) < 4.78 is 0. The van der Waals surface area contributed by atoms with Crippen molar-refractivity contribution in [1.29, 1.82) is 0 Å². The molecule has 17 heavy (non-hydrogen) atoms. The predicted molar refractivity (Wildman–Crippen MR) is 71.2 cm³/mol. The van der Waals surface area contributed by atoms with E-state index >= 15 is 0 Å². The minimum Gasteiger partial charge on any atom is -0.293 e. The normalized spacial score (nSPS) is 13.9. The Balaban J connectivity index is 1.77. The lowest BCUT2D eigenvalue weighted by Crippen LogP contribution is -2.00. The zero-order valence-electron chi connectivity index (χ0n) is 9.66. The van der Waals surface area contributed by atoms with E-state index < -0.39 is 0 Å². The van der Waals surface area contributed by atoms with Gasteiger partial charge in [0, 0.05) is 16.0 Å². The van der Waals surface area contributed by atoms with Crippen molar-refractivity contribution in [1.82, 2.24) is 4.98 Å². The van der Waals surface area contributed by atoms with Gasteiger partial charge in [0.2, 0.25) is 0 Å². The molecular weight excluding hydrogens is 250 g/mol. The fourth-order valence-electron chi connectivity index (χ4n) is 2.17. The Labute approximate surface area is 108 Å². The maximum Gasteiger partial charge on any atom is 0.179 e. The number of nitrogens with zero attached hydrogens (tertiary/aromatic N) is 1. The van der Waals surface area contributed by atoms with Gasteiger partial charge in [0.1, 0.15) is 5.01 Å². The fraction of sp³-hybridized carbons (Fsp3) is 0.385. The molecule has 3 rings (SSSR count). The Hall–Kier alpha value is -1.00. The van der Waals surface area contributed by atoms with E-state index in [9.17, 15) is 4.79 Å². The maximum atomic E-state index is 12.1. The zero-order chi connectivity index (χ0) is 11.8. The molecule has 0 unspecified atom stereocenters. The number of thiazole rings is 1. The summed E-state index contributed by atoms with van der Waals surface area (Å²) in [4.78, 5) is 18.8. The van der Waals surface area contributed by atoms with Gasteiger partial charge in [-0.1, -0.05) is 0 Å². The molecule has 2 nitrogen and oxygen atoms in total. The molecule has 0 N–H and O–H groups in total. The minimum atomic E-state index is 0.221. The third kappa shape index (κ3) is 2.19. The summed E-state index contributed by atoms with van der Waals surface area (Å²) in [6.07, 6.45) is 4.01. The van der Waals surface area contributed by atoms with Crippen LogP contribution >= 0.6 is 22.7 Å². The predicted octanol–water partition coefficient (Wildman–Crippen LogP) is 3.43. The second-order valence-corrected chi connectivity index (χ2v) is 6.47. The number of carbonyl (C=O) groups is 1. The first-order valence-corrected chi connectivity index (χ1v) is 7.48. The molecule has 0 bridgehead atoms. The van der Waals surface area contributed by atoms with Crippen LogP contribution in [0.4, 0.5) is 0 Å². The van der Waals surface area contributed by atoms with Gasteiger partial charge in [-0.15, -0.1) is 22.7 Å². The largest absolute Gasteiger partial charge is 0.293 e. The molecule has 0 spiro atoms. The lowest BCUT2D eigenvalue weighted by atomic mass is 10.2. The summed E-state index contributed by atoms with van der Waals surface area (Å²) in [7, 11) is 0. The van der Waals surface area contributed by atoms with Crippen LogP contribution in [0.15, 0.2) is 11.4 Å². The number of fused-ring (bicyclic) bond motifs is 1. The van der Waals surface area contributed by atoms with Crippen LogP contribution in [-0.2, 0) is 19.3 Å². The van der Waals surface area contributed by atoms with Crippen molar-refractivity contribution in [3.05, 3.63) is 37.5 Å². The number of hydrogen-bond acceptors (Lipinski definition) is 4. The molecule has 1 aliphatic rings. The molecule has 88 valence electrons. The highest BCUT2D eigenvalue weighted by molar-refractivity contribution is 7.14. The summed E-state index contributed by atoms with van der Waals surface area (Å²) in [6, 6.07) is 2.09. The van der Waals surface area contributed by atoms with Gasteiger partial charge in [-0.3, -0.25) is 4.79 Å². The fourth-order valence-corrected chi connectivity index (χ4v) is 4.14. The first-order valence-electron chi connectivity index (χ1n) is 5.78. The van der Waals surface area contributed by atoms with Crippen LogP contribution in [-0.4, -0.2) is 10.8 Å². The van der Waals surface area contributed by atoms with Crippen molar-refractivity contribution in [3.63, 3.8) is 0 Å². The molecule has 0 amide bonds. The number of hydrogen-bond donors (Lipinski definition) is 0. The van der Waals surface area contributed by atoms with E-state index in [0.717, 1.165) is 28.4 Å². The van der Waals surface area contributed by atoms with Crippen LogP contribution in [0.5, 0.6) is 0 Å². The quantitative estimate of drug-likeness (QED) is 0.794. The molecule has 1 aliphatic carbocycles. The smallest absolute Gasteiger partial charge is 0.179 e. The first-order chi connectivity index (χ1) is 8.22. The molecule has 0 aliphatic heterocycles. The second kappa shape index (κ2) is 4.35. The number of rotatable bonds is 3. The third-order valence-electron chi connectivity index (χ3n) is 3.00. The van der Waals surface area contributed by atoms with Gasteiger partial charge in [0.25, 0.3) is 0 Å². The van der Waals surface area contributed by atoms with E-state index in [1.807, 2.05) is 12.3 Å². The van der Waals surface area contributed by atoms with Crippen LogP contribution in [0.1, 0.15) is 37.2 Å². The van der Waals surface area contributed by atoms with Gasteiger partial charge in [-0.25, -0.2) is 4.98 Å². The van der Waals surface area contributed by atoms with Crippen molar-refractivity contribution in [2.75, 3.05) is 0 Å². The van der Waals surface area contributed by atoms with Crippen molar-refractivity contribution >= 4 is 28.5 Å². The minimum absolute atomic E-state index is 0.221. The average Bonchev–Trinajstić information content (AvgIpc) is 2.92. The Morgan fingerprint density at radius 2 is 2.35 bits per heavy atom. The molecule has 0 fully saturated rings. The zero-order valence-corrected chi connectivity index (χ0v) is 11.3.